The first-order valence-electron chi connectivity index (χ1n) is 33.0. The van der Waals surface area contributed by atoms with Crippen LogP contribution in [0, 0.1) is 57.1 Å². The SMILES string of the molecule is COc1ccc(NC(=O)CCl)cc1NC1CCC(C)CC1.Cl.[C-]#[N+]c1ncc2[nH]c(=S)[nH]c2c1C.[C-]#[N+]c1ncc2[nH]c(SCC(=O)Nc3ccc(OC)c(NC4CCC(C)CC4)c3)nc2c1C.[C-]#[N+]c1ncc2[nH]c(SCC(=O)Nc3ccc(OC)c(NC4CCC(N)CC4)c3)nc2c1C. The van der Waals surface area contributed by atoms with Crippen molar-refractivity contribution in [1.82, 2.24) is 44.9 Å². The summed E-state index contributed by atoms with van der Waals surface area (Å²) in [5, 5.41) is 20.6. The summed E-state index contributed by atoms with van der Waals surface area (Å²) in [4.78, 5) is 80.2. The molecule has 101 heavy (non-hydrogen) atoms. The number of anilines is 6. The van der Waals surface area contributed by atoms with Crippen LogP contribution in [0.5, 0.6) is 17.2 Å². The van der Waals surface area contributed by atoms with Gasteiger partial charge >= 0.3 is 0 Å². The van der Waals surface area contributed by atoms with Gasteiger partial charge < -0.3 is 86.3 Å². The number of rotatable bonds is 19. The Balaban J connectivity index is 0.000000179. The molecule has 0 atom stereocenters. The van der Waals surface area contributed by atoms with Crippen molar-refractivity contribution in [3.8, 4) is 17.2 Å². The van der Waals surface area contributed by atoms with Gasteiger partial charge in [0.15, 0.2) is 15.1 Å². The van der Waals surface area contributed by atoms with Gasteiger partial charge in [0.1, 0.15) is 58.3 Å². The van der Waals surface area contributed by atoms with Gasteiger partial charge in [-0.05, 0) is 176 Å². The van der Waals surface area contributed by atoms with Gasteiger partial charge in [-0.15, -0.1) is 39.0 Å². The number of fused-ring (bicyclic) bond motifs is 3. The molecule has 3 saturated carbocycles. The number of amides is 3. The quantitative estimate of drug-likeness (QED) is 0.0155. The summed E-state index contributed by atoms with van der Waals surface area (Å²) in [5.41, 5.74) is 17.8. The fourth-order valence-electron chi connectivity index (χ4n) is 12.0. The number of halogens is 2. The zero-order chi connectivity index (χ0) is 71.4. The number of nitrogens with two attached hydrogens (primary N) is 1. The van der Waals surface area contributed by atoms with Crippen molar-refractivity contribution in [3.05, 3.63) is 129 Å². The number of thioether (sulfide) groups is 2. The van der Waals surface area contributed by atoms with Gasteiger partial charge in [-0.25, -0.2) is 9.97 Å². The summed E-state index contributed by atoms with van der Waals surface area (Å²) in [5.74, 6) is 4.87. The Morgan fingerprint density at radius 3 is 1.27 bits per heavy atom. The topological polar surface area (TPSA) is 318 Å². The van der Waals surface area contributed by atoms with Crippen molar-refractivity contribution in [1.29, 1.82) is 0 Å². The number of H-pyrrole nitrogens is 4. The molecule has 532 valence electrons. The molecule has 3 aliphatic rings. The number of pyridine rings is 3. The number of methoxy groups -OCH3 is 3. The zero-order valence-corrected chi connectivity index (χ0v) is 61.6. The van der Waals surface area contributed by atoms with Crippen molar-refractivity contribution < 1.29 is 28.6 Å². The third-order valence-electron chi connectivity index (χ3n) is 17.7. The van der Waals surface area contributed by atoms with Gasteiger partial charge in [-0.1, -0.05) is 57.1 Å². The van der Waals surface area contributed by atoms with Gasteiger partial charge in [-0.2, -0.15) is 0 Å². The number of aryl methyl sites for hydroxylation is 3. The van der Waals surface area contributed by atoms with Gasteiger partial charge in [0.05, 0.1) is 66.4 Å². The van der Waals surface area contributed by atoms with E-state index in [1.54, 1.807) is 39.9 Å². The van der Waals surface area contributed by atoms with Crippen LogP contribution in [0.3, 0.4) is 0 Å². The monoisotopic (exact) mass is 1470 g/mol. The predicted molar refractivity (Wildman–Crippen MR) is 410 cm³/mol. The number of ether oxygens (including phenoxy) is 3. The van der Waals surface area contributed by atoms with Crippen LogP contribution in [-0.2, 0) is 14.4 Å². The first kappa shape index (κ1) is 77.4. The molecule has 3 fully saturated rings. The number of benzene rings is 3. The van der Waals surface area contributed by atoms with Crippen LogP contribution >= 0.6 is 59.7 Å². The number of imidazole rings is 3. The lowest BCUT2D eigenvalue weighted by molar-refractivity contribution is -0.114. The second kappa shape index (κ2) is 37.4. The molecule has 6 heterocycles. The van der Waals surface area contributed by atoms with E-state index >= 15 is 0 Å². The molecule has 0 saturated heterocycles. The Kier molecular flexibility index (Phi) is 28.6. The highest BCUT2D eigenvalue weighted by molar-refractivity contribution is 8.00. The van der Waals surface area contributed by atoms with Gasteiger partial charge in [0, 0.05) is 57.9 Å². The number of hydrogen-bond donors (Lipinski definition) is 11. The van der Waals surface area contributed by atoms with E-state index in [2.05, 4.69) is 105 Å². The minimum Gasteiger partial charge on any atom is -0.495 e. The molecule has 0 radical (unpaired) electrons. The van der Waals surface area contributed by atoms with Crippen LogP contribution in [0.1, 0.15) is 108 Å². The Morgan fingerprint density at radius 1 is 0.545 bits per heavy atom. The molecule has 30 heteroatoms. The number of hydrogen-bond acceptors (Lipinski definition) is 18. The molecule has 0 aliphatic heterocycles. The van der Waals surface area contributed by atoms with Gasteiger partial charge in [0.25, 0.3) is 17.5 Å². The molecular weight excluding hydrogens is 1380 g/mol. The molecular formula is C71H85Cl2N19O6S3. The highest BCUT2D eigenvalue weighted by atomic mass is 35.5. The first-order chi connectivity index (χ1) is 48.3. The van der Waals surface area contributed by atoms with Gasteiger partial charge in [-0.3, -0.25) is 14.4 Å². The van der Waals surface area contributed by atoms with Crippen molar-refractivity contribution >= 4 is 162 Å². The predicted octanol–water partition coefficient (Wildman–Crippen LogP) is 16.6. The molecule has 3 amide bonds. The largest absolute Gasteiger partial charge is 0.495 e. The standard InChI is InChI=1S/C24H28N6O2S.C23H27N7O2S.C16H23ClN2O2.C8H6N4S.ClH/c1-14-5-7-16(8-6-14)27-18-11-17(9-10-20(18)32-4)28-21(31)13-33-24-29-19-12-26-23(25-3)15(2)22(19)30-24;1-13-21-18(11-26-22(13)25-2)29-23(30-21)33-12-20(31)28-16-8-9-19(32-3)17(10-16)27-15-6-4-14(24)5-7-15;1-11-3-5-12(6-4-11)18-14-9-13(19-16(20)10-17)7-8-15(14)21-2;1-4-6-5(11-8(13)12-6)3-10-7(4)9-2;/h9-12,14,16,27H,5-8,13H2,1-2,4H3,(H,28,31)(H,29,30);8-11,14-15,27H,4-7,12,24H2,1,3H3,(H,28,31)(H,29,30);7-9,11-12,18H,3-6,10H2,1-2H3,(H,19,20);3H,1H3,(H2,11,12,13);1H. The fourth-order valence-corrected chi connectivity index (χ4v) is 13.7. The average molecular weight is 1470 g/mol. The lowest BCUT2D eigenvalue weighted by Gasteiger charge is -2.28. The van der Waals surface area contributed by atoms with E-state index in [0.717, 1.165) is 135 Å². The highest BCUT2D eigenvalue weighted by Gasteiger charge is 2.24. The van der Waals surface area contributed by atoms with E-state index in [0.29, 0.717) is 67.4 Å². The maximum Gasteiger partial charge on any atom is 0.274 e. The smallest absolute Gasteiger partial charge is 0.274 e. The van der Waals surface area contributed by atoms with Crippen LogP contribution in [0.4, 0.5) is 51.6 Å². The minimum atomic E-state index is -0.209. The van der Waals surface area contributed by atoms with E-state index in [-0.39, 0.29) is 53.6 Å². The van der Waals surface area contributed by atoms with E-state index in [1.807, 2.05) is 75.4 Å². The molecule has 0 spiro atoms. The number of carbonyl (C=O) groups excluding carboxylic acids is 3. The second-order valence-corrected chi connectivity index (χ2v) is 27.6. The number of nitrogens with zero attached hydrogens (tertiary/aromatic N) is 8. The van der Waals surface area contributed by atoms with Crippen molar-refractivity contribution in [2.45, 2.75) is 146 Å². The van der Waals surface area contributed by atoms with E-state index < -0.39 is 0 Å². The van der Waals surface area contributed by atoms with Crippen molar-refractivity contribution in [2.75, 3.05) is 70.6 Å². The normalized spacial score (nSPS) is 17.6. The molecule has 3 aromatic carbocycles. The Labute approximate surface area is 612 Å². The lowest BCUT2D eigenvalue weighted by Crippen LogP contribution is -2.32. The van der Waals surface area contributed by atoms with Crippen LogP contribution in [0.15, 0.2) is 83.5 Å². The lowest BCUT2D eigenvalue weighted by atomic mass is 9.87. The maximum absolute atomic E-state index is 12.6. The second-order valence-electron chi connectivity index (χ2n) is 25.0. The highest BCUT2D eigenvalue weighted by Crippen LogP contribution is 2.37. The number of aromatic amines is 4. The first-order valence-corrected chi connectivity index (χ1v) is 35.9. The van der Waals surface area contributed by atoms with Crippen LogP contribution in [0.25, 0.3) is 47.6 Å². The number of aromatic nitrogens is 9. The fraction of sp³-hybridized carbons (Fsp3) is 0.408. The number of nitrogens with one attached hydrogen (secondary N) is 10. The maximum atomic E-state index is 12.6. The van der Waals surface area contributed by atoms with Gasteiger partial charge in [0.2, 0.25) is 17.7 Å². The Hall–Kier alpha value is -9.34. The summed E-state index contributed by atoms with van der Waals surface area (Å²) < 4.78 is 17.0. The summed E-state index contributed by atoms with van der Waals surface area (Å²) >= 11 is 13.1. The molecule has 25 nitrogen and oxygen atoms in total. The van der Waals surface area contributed by atoms with Crippen molar-refractivity contribution in [3.63, 3.8) is 0 Å². The summed E-state index contributed by atoms with van der Waals surface area (Å²) in [7, 11) is 4.95. The zero-order valence-electron chi connectivity index (χ0n) is 57.6. The number of carbonyl (C=O) groups is 3. The van der Waals surface area contributed by atoms with Crippen LogP contribution < -0.4 is 51.8 Å². The van der Waals surface area contributed by atoms with E-state index in [9.17, 15) is 14.4 Å². The van der Waals surface area contributed by atoms with E-state index in [4.69, 9.17) is 63.5 Å². The minimum absolute atomic E-state index is 0. The Morgan fingerprint density at radius 2 is 0.901 bits per heavy atom. The number of alkyl halides is 1. The molecule has 6 aromatic heterocycles. The molecule has 12 N–H and O–H groups in total. The van der Waals surface area contributed by atoms with Crippen LogP contribution in [0.2, 0.25) is 0 Å². The van der Waals surface area contributed by atoms with Crippen LogP contribution in [-0.4, -0.2) is 125 Å². The van der Waals surface area contributed by atoms with E-state index in [1.165, 1.54) is 62.0 Å². The average Bonchev–Trinajstić information content (AvgIpc) is 1.69. The third-order valence-corrected chi connectivity index (χ3v) is 19.9. The molecule has 9 aromatic rings. The Bertz CT molecular complexity index is 4350. The summed E-state index contributed by atoms with van der Waals surface area (Å²) in [6.45, 7) is 31.4. The third kappa shape index (κ3) is 21.4. The molecule has 0 unspecified atom stereocenters. The summed E-state index contributed by atoms with van der Waals surface area (Å²) in [6.07, 6.45) is 18.4. The molecule has 3 aliphatic carbocycles. The molecule has 12 rings (SSSR count). The molecule has 0 bridgehead atoms. The summed E-state index contributed by atoms with van der Waals surface area (Å²) in [6, 6.07) is 18.3. The van der Waals surface area contributed by atoms with Crippen molar-refractivity contribution in [2.24, 2.45) is 17.6 Å².